The minimum Gasteiger partial charge on any atom is -0.494 e. The highest BCUT2D eigenvalue weighted by Crippen LogP contribution is 2.37. The maximum absolute atomic E-state index is 12.7. The van der Waals surface area contributed by atoms with Gasteiger partial charge in [-0.05, 0) is 49.7 Å². The number of rotatable bonds is 9. The number of nitrogens with one attached hydrogen (secondary N) is 1. The Labute approximate surface area is 198 Å². The van der Waals surface area contributed by atoms with Crippen molar-refractivity contribution in [2.24, 2.45) is 0 Å². The largest absolute Gasteiger partial charge is 0.494 e. The monoisotopic (exact) mass is 492 g/mol. The van der Waals surface area contributed by atoms with Crippen LogP contribution >= 0.6 is 11.8 Å². The molecule has 0 bridgehead atoms. The lowest BCUT2D eigenvalue weighted by molar-refractivity contribution is -0.147. The van der Waals surface area contributed by atoms with Gasteiger partial charge in [0.1, 0.15) is 5.75 Å². The second kappa shape index (κ2) is 11.5. The maximum atomic E-state index is 12.7. The zero-order valence-electron chi connectivity index (χ0n) is 18.7. The Hall–Kier alpha value is -2.56. The number of hydrogen-bond acceptors (Lipinski definition) is 7. The van der Waals surface area contributed by atoms with Crippen LogP contribution in [-0.2, 0) is 24.3 Å². The summed E-state index contributed by atoms with van der Waals surface area (Å²) in [7, 11) is -3.77. The number of amides is 1. The van der Waals surface area contributed by atoms with Crippen molar-refractivity contribution in [1.29, 1.82) is 0 Å². The molecular weight excluding hydrogens is 464 g/mol. The molecule has 3 rings (SSSR count). The quantitative estimate of drug-likeness (QED) is 0.536. The van der Waals surface area contributed by atoms with Crippen LogP contribution in [0.4, 0.5) is 5.69 Å². The summed E-state index contributed by atoms with van der Waals surface area (Å²) < 4.78 is 37.5. The highest BCUT2D eigenvalue weighted by atomic mass is 32.2. The van der Waals surface area contributed by atoms with E-state index in [1.165, 1.54) is 12.1 Å². The summed E-state index contributed by atoms with van der Waals surface area (Å²) in [6.45, 7) is 4.46. The van der Waals surface area contributed by atoms with Crippen LogP contribution < -0.4 is 14.4 Å². The van der Waals surface area contributed by atoms with E-state index in [0.717, 1.165) is 17.0 Å². The van der Waals surface area contributed by atoms with Crippen LogP contribution in [0.3, 0.4) is 0 Å². The van der Waals surface area contributed by atoms with Gasteiger partial charge in [-0.2, -0.15) is 0 Å². The molecule has 1 N–H and O–H groups in total. The number of para-hydroxylation sites is 1. The third-order valence-corrected chi connectivity index (χ3v) is 7.68. The molecule has 178 valence electrons. The van der Waals surface area contributed by atoms with E-state index in [1.54, 1.807) is 28.8 Å². The van der Waals surface area contributed by atoms with Crippen LogP contribution in [0.15, 0.2) is 58.3 Å². The average Bonchev–Trinajstić information content (AvgIpc) is 2.96. The van der Waals surface area contributed by atoms with Crippen molar-refractivity contribution in [1.82, 2.24) is 4.72 Å². The minimum atomic E-state index is -3.77. The number of carbonyl (C=O) groups excluding carboxylic acids is 2. The van der Waals surface area contributed by atoms with E-state index in [1.807, 2.05) is 31.2 Å². The van der Waals surface area contributed by atoms with Crippen molar-refractivity contribution >= 4 is 39.3 Å². The van der Waals surface area contributed by atoms with E-state index in [-0.39, 0.29) is 23.8 Å². The molecule has 0 saturated carbocycles. The third-order valence-electron chi connectivity index (χ3n) is 4.97. The Balaban J connectivity index is 1.48. The molecule has 1 amide bonds. The van der Waals surface area contributed by atoms with Gasteiger partial charge < -0.3 is 14.4 Å². The van der Waals surface area contributed by atoms with Gasteiger partial charge in [-0.3, -0.25) is 9.59 Å². The maximum Gasteiger partial charge on any atom is 0.307 e. The van der Waals surface area contributed by atoms with Gasteiger partial charge in [-0.25, -0.2) is 13.1 Å². The van der Waals surface area contributed by atoms with E-state index in [9.17, 15) is 18.0 Å². The first-order valence-electron chi connectivity index (χ1n) is 10.7. The van der Waals surface area contributed by atoms with Crippen molar-refractivity contribution in [3.63, 3.8) is 0 Å². The van der Waals surface area contributed by atoms with Crippen molar-refractivity contribution in [2.75, 3.05) is 31.2 Å². The Morgan fingerprint density at radius 3 is 2.61 bits per heavy atom. The van der Waals surface area contributed by atoms with Crippen molar-refractivity contribution in [3.8, 4) is 5.75 Å². The summed E-state index contributed by atoms with van der Waals surface area (Å²) >= 11 is 1.72. The van der Waals surface area contributed by atoms with Gasteiger partial charge in [0.2, 0.25) is 10.0 Å². The molecule has 1 heterocycles. The SMILES string of the molecule is CCOc1ccc(S(=O)(=O)NCCC(=O)OCC(=O)N2CCC(C)Sc3ccccc32)cc1. The van der Waals surface area contributed by atoms with Gasteiger partial charge in [0, 0.05) is 23.2 Å². The highest BCUT2D eigenvalue weighted by Gasteiger charge is 2.25. The summed E-state index contributed by atoms with van der Waals surface area (Å²) in [5.41, 5.74) is 0.816. The second-order valence-electron chi connectivity index (χ2n) is 7.44. The van der Waals surface area contributed by atoms with E-state index in [2.05, 4.69) is 11.6 Å². The highest BCUT2D eigenvalue weighted by molar-refractivity contribution is 8.00. The van der Waals surface area contributed by atoms with Gasteiger partial charge >= 0.3 is 5.97 Å². The number of nitrogens with zero attached hydrogens (tertiary/aromatic N) is 1. The smallest absolute Gasteiger partial charge is 0.307 e. The number of esters is 1. The van der Waals surface area contributed by atoms with E-state index in [0.29, 0.717) is 24.2 Å². The molecule has 1 aliphatic rings. The number of hydrogen-bond donors (Lipinski definition) is 1. The molecule has 1 aliphatic heterocycles. The normalized spacial score (nSPS) is 15.9. The number of ether oxygens (including phenoxy) is 2. The molecule has 0 radical (unpaired) electrons. The van der Waals surface area contributed by atoms with Crippen LogP contribution in [0.5, 0.6) is 5.75 Å². The lowest BCUT2D eigenvalue weighted by atomic mass is 10.2. The molecule has 10 heteroatoms. The number of anilines is 1. The fraction of sp³-hybridized carbons (Fsp3) is 0.391. The zero-order valence-corrected chi connectivity index (χ0v) is 20.3. The van der Waals surface area contributed by atoms with Crippen LogP contribution in [0.25, 0.3) is 0 Å². The number of thioether (sulfide) groups is 1. The van der Waals surface area contributed by atoms with Gasteiger partial charge in [-0.15, -0.1) is 11.8 Å². The Morgan fingerprint density at radius 1 is 1.15 bits per heavy atom. The first kappa shape index (κ1) is 25.1. The molecule has 0 spiro atoms. The Bertz CT molecular complexity index is 1070. The summed E-state index contributed by atoms with van der Waals surface area (Å²) in [6, 6.07) is 13.7. The van der Waals surface area contributed by atoms with Crippen LogP contribution in [0.1, 0.15) is 26.7 Å². The fourth-order valence-corrected chi connectivity index (χ4v) is 5.44. The molecule has 0 saturated heterocycles. The van der Waals surface area contributed by atoms with E-state index in [4.69, 9.17) is 9.47 Å². The van der Waals surface area contributed by atoms with Crippen molar-refractivity contribution in [2.45, 2.75) is 41.7 Å². The van der Waals surface area contributed by atoms with Crippen LogP contribution in [-0.4, -0.2) is 51.8 Å². The molecule has 33 heavy (non-hydrogen) atoms. The third kappa shape index (κ3) is 6.96. The molecule has 0 fully saturated rings. The lowest BCUT2D eigenvalue weighted by Gasteiger charge is -2.22. The predicted molar refractivity (Wildman–Crippen MR) is 127 cm³/mol. The first-order valence-corrected chi connectivity index (χ1v) is 13.1. The lowest BCUT2D eigenvalue weighted by Crippen LogP contribution is -2.36. The van der Waals surface area contributed by atoms with Gasteiger partial charge in [0.05, 0.1) is 23.6 Å². The first-order chi connectivity index (χ1) is 15.8. The van der Waals surface area contributed by atoms with E-state index >= 15 is 0 Å². The molecule has 8 nitrogen and oxygen atoms in total. The molecule has 2 aromatic carbocycles. The Kier molecular flexibility index (Phi) is 8.76. The molecule has 1 atom stereocenters. The summed E-state index contributed by atoms with van der Waals surface area (Å²) in [4.78, 5) is 27.6. The second-order valence-corrected chi connectivity index (χ2v) is 10.7. The summed E-state index contributed by atoms with van der Waals surface area (Å²) in [5.74, 6) is -0.381. The topological polar surface area (TPSA) is 102 Å². The Morgan fingerprint density at radius 2 is 1.88 bits per heavy atom. The number of sulfonamides is 1. The molecule has 2 aromatic rings. The standard InChI is InChI=1S/C23H28N2O6S2/c1-3-30-18-8-10-19(11-9-18)33(28,29)24-14-12-23(27)31-16-22(26)25-15-13-17(2)32-21-7-5-4-6-20(21)25/h4-11,17,24H,3,12-16H2,1-2H3. The van der Waals surface area contributed by atoms with Crippen molar-refractivity contribution < 1.29 is 27.5 Å². The van der Waals surface area contributed by atoms with Crippen LogP contribution in [0.2, 0.25) is 0 Å². The molecule has 0 aromatic heterocycles. The van der Waals surface area contributed by atoms with E-state index < -0.39 is 22.6 Å². The van der Waals surface area contributed by atoms with Crippen molar-refractivity contribution in [3.05, 3.63) is 48.5 Å². The fourth-order valence-electron chi connectivity index (χ4n) is 3.29. The summed E-state index contributed by atoms with van der Waals surface area (Å²) in [5, 5.41) is 0.370. The number of benzene rings is 2. The zero-order chi connectivity index (χ0) is 23.8. The average molecular weight is 493 g/mol. The van der Waals surface area contributed by atoms with Gasteiger partial charge in [0.25, 0.3) is 5.91 Å². The summed E-state index contributed by atoms with van der Waals surface area (Å²) in [6.07, 6.45) is 0.638. The molecular formula is C23H28N2O6S2. The van der Waals surface area contributed by atoms with Gasteiger partial charge in [0.15, 0.2) is 6.61 Å². The van der Waals surface area contributed by atoms with Crippen LogP contribution in [0, 0.1) is 0 Å². The van der Waals surface area contributed by atoms with Gasteiger partial charge in [-0.1, -0.05) is 19.1 Å². The number of fused-ring (bicyclic) bond motifs is 1. The minimum absolute atomic E-state index is 0.0708. The predicted octanol–water partition coefficient (Wildman–Crippen LogP) is 3.21. The number of carbonyl (C=O) groups is 2. The molecule has 1 unspecified atom stereocenters. The molecule has 0 aliphatic carbocycles.